The highest BCUT2D eigenvalue weighted by Gasteiger charge is 2.42. The highest BCUT2D eigenvalue weighted by molar-refractivity contribution is 5.88. The van der Waals surface area contributed by atoms with Crippen LogP contribution >= 0.6 is 0 Å². The molecule has 1 aliphatic carbocycles. The van der Waals surface area contributed by atoms with Gasteiger partial charge in [-0.15, -0.1) is 6.58 Å². The maximum Gasteiger partial charge on any atom is 0.232 e. The standard InChI is InChI=1S/C18H31NO5/c1-5-16-12-14(2)17(15(16)3)18(21)19(13-20)6-7-23-10-11-24-9-8-22-4/h5,13-17H,1,6-12H2,2-4H3. The van der Waals surface area contributed by atoms with Crippen LogP contribution in [-0.4, -0.2) is 63.9 Å². The van der Waals surface area contributed by atoms with Crippen LogP contribution in [0, 0.1) is 23.7 Å². The fourth-order valence-electron chi connectivity index (χ4n) is 3.39. The van der Waals surface area contributed by atoms with E-state index >= 15 is 0 Å². The molecule has 0 aliphatic heterocycles. The van der Waals surface area contributed by atoms with Crippen LogP contribution in [0.15, 0.2) is 12.7 Å². The van der Waals surface area contributed by atoms with Gasteiger partial charge in [0.15, 0.2) is 0 Å². The summed E-state index contributed by atoms with van der Waals surface area (Å²) in [6, 6.07) is 0. The number of methoxy groups -OCH3 is 1. The van der Waals surface area contributed by atoms with Gasteiger partial charge in [-0.3, -0.25) is 14.5 Å². The van der Waals surface area contributed by atoms with E-state index in [1.165, 1.54) is 4.90 Å². The quantitative estimate of drug-likeness (QED) is 0.307. The molecule has 0 N–H and O–H groups in total. The van der Waals surface area contributed by atoms with Crippen molar-refractivity contribution in [3.05, 3.63) is 12.7 Å². The van der Waals surface area contributed by atoms with Crippen molar-refractivity contribution in [1.29, 1.82) is 0 Å². The lowest BCUT2D eigenvalue weighted by Crippen LogP contribution is -2.40. The summed E-state index contributed by atoms with van der Waals surface area (Å²) in [5.74, 6) is 0.573. The van der Waals surface area contributed by atoms with Crippen LogP contribution in [0.4, 0.5) is 0 Å². The second-order valence-corrected chi connectivity index (χ2v) is 6.35. The number of amides is 2. The van der Waals surface area contributed by atoms with Gasteiger partial charge in [-0.25, -0.2) is 0 Å². The molecule has 0 radical (unpaired) electrons. The zero-order valence-corrected chi connectivity index (χ0v) is 15.1. The van der Waals surface area contributed by atoms with Crippen LogP contribution in [0.3, 0.4) is 0 Å². The first-order valence-electron chi connectivity index (χ1n) is 8.59. The van der Waals surface area contributed by atoms with Crippen LogP contribution in [0.2, 0.25) is 0 Å². The van der Waals surface area contributed by atoms with Crippen LogP contribution in [0.25, 0.3) is 0 Å². The second kappa shape index (κ2) is 11.3. The molecule has 0 aromatic rings. The SMILES string of the molecule is C=CC1CC(C)C(C(=O)N(C=O)CCOCCOCCOC)C1C. The van der Waals surface area contributed by atoms with Crippen LogP contribution in [0.5, 0.6) is 0 Å². The van der Waals surface area contributed by atoms with Gasteiger partial charge < -0.3 is 14.2 Å². The Hall–Kier alpha value is -1.24. The predicted octanol–water partition coefficient (Wildman–Crippen LogP) is 1.75. The van der Waals surface area contributed by atoms with Gasteiger partial charge in [0, 0.05) is 13.0 Å². The molecule has 0 saturated heterocycles. The minimum Gasteiger partial charge on any atom is -0.382 e. The summed E-state index contributed by atoms with van der Waals surface area (Å²) in [6.07, 6.45) is 3.48. The molecule has 2 amide bonds. The van der Waals surface area contributed by atoms with Crippen LogP contribution < -0.4 is 0 Å². The zero-order valence-electron chi connectivity index (χ0n) is 15.1. The molecule has 0 spiro atoms. The fraction of sp³-hybridized carbons (Fsp3) is 0.778. The van der Waals surface area contributed by atoms with Crippen molar-refractivity contribution in [1.82, 2.24) is 4.90 Å². The number of hydrogen-bond acceptors (Lipinski definition) is 5. The molecule has 6 heteroatoms. The Labute approximate surface area is 145 Å². The number of nitrogens with zero attached hydrogens (tertiary/aromatic N) is 1. The summed E-state index contributed by atoms with van der Waals surface area (Å²) < 4.78 is 15.6. The van der Waals surface area contributed by atoms with Gasteiger partial charge in [-0.1, -0.05) is 19.9 Å². The molecule has 1 rings (SSSR count). The largest absolute Gasteiger partial charge is 0.382 e. The van der Waals surface area contributed by atoms with Crippen molar-refractivity contribution in [3.8, 4) is 0 Å². The van der Waals surface area contributed by atoms with Gasteiger partial charge in [0.2, 0.25) is 12.3 Å². The third kappa shape index (κ3) is 6.00. The molecular weight excluding hydrogens is 310 g/mol. The van der Waals surface area contributed by atoms with Crippen molar-refractivity contribution in [2.45, 2.75) is 20.3 Å². The highest BCUT2D eigenvalue weighted by Crippen LogP contribution is 2.42. The van der Waals surface area contributed by atoms with E-state index in [1.807, 2.05) is 6.08 Å². The summed E-state index contributed by atoms with van der Waals surface area (Å²) in [4.78, 5) is 25.2. The van der Waals surface area contributed by atoms with Crippen LogP contribution in [-0.2, 0) is 23.8 Å². The Morgan fingerprint density at radius 2 is 1.79 bits per heavy atom. The van der Waals surface area contributed by atoms with E-state index in [2.05, 4.69) is 20.4 Å². The van der Waals surface area contributed by atoms with E-state index in [0.29, 0.717) is 45.4 Å². The fourth-order valence-corrected chi connectivity index (χ4v) is 3.39. The lowest BCUT2D eigenvalue weighted by Gasteiger charge is -2.25. The first-order chi connectivity index (χ1) is 11.6. The normalized spacial score (nSPS) is 26.3. The Morgan fingerprint density at radius 1 is 1.17 bits per heavy atom. The smallest absolute Gasteiger partial charge is 0.232 e. The van der Waals surface area contributed by atoms with Gasteiger partial charge in [-0.05, 0) is 24.2 Å². The number of ether oxygens (including phenoxy) is 3. The van der Waals surface area contributed by atoms with Gasteiger partial charge in [0.25, 0.3) is 0 Å². The van der Waals surface area contributed by atoms with E-state index in [9.17, 15) is 9.59 Å². The molecule has 138 valence electrons. The zero-order chi connectivity index (χ0) is 17.9. The molecule has 0 bridgehead atoms. The Bertz CT molecular complexity index is 401. The van der Waals surface area contributed by atoms with Crippen molar-refractivity contribution < 1.29 is 23.8 Å². The predicted molar refractivity (Wildman–Crippen MR) is 91.4 cm³/mol. The topological polar surface area (TPSA) is 65.1 Å². The minimum atomic E-state index is -0.129. The molecule has 1 saturated carbocycles. The summed E-state index contributed by atoms with van der Waals surface area (Å²) in [5.41, 5.74) is 0. The summed E-state index contributed by atoms with van der Waals surface area (Å²) >= 11 is 0. The molecule has 1 fully saturated rings. The lowest BCUT2D eigenvalue weighted by atomic mass is 9.88. The maximum atomic E-state index is 12.7. The van der Waals surface area contributed by atoms with Gasteiger partial charge in [0.1, 0.15) is 0 Å². The molecule has 1 aliphatic rings. The van der Waals surface area contributed by atoms with Crippen molar-refractivity contribution >= 4 is 12.3 Å². The summed E-state index contributed by atoms with van der Waals surface area (Å²) in [5, 5.41) is 0. The summed E-state index contributed by atoms with van der Waals surface area (Å²) in [7, 11) is 1.62. The molecule has 0 heterocycles. The van der Waals surface area contributed by atoms with Gasteiger partial charge >= 0.3 is 0 Å². The second-order valence-electron chi connectivity index (χ2n) is 6.35. The number of imide groups is 1. The average Bonchev–Trinajstić information content (AvgIpc) is 2.87. The Balaban J connectivity index is 2.34. The van der Waals surface area contributed by atoms with E-state index in [4.69, 9.17) is 14.2 Å². The molecule has 24 heavy (non-hydrogen) atoms. The van der Waals surface area contributed by atoms with Gasteiger partial charge in [0.05, 0.1) is 39.6 Å². The lowest BCUT2D eigenvalue weighted by molar-refractivity contribution is -0.144. The molecular formula is C18H31NO5. The molecule has 0 aromatic heterocycles. The van der Waals surface area contributed by atoms with Crippen LogP contribution in [0.1, 0.15) is 20.3 Å². The average molecular weight is 341 g/mol. The third-order valence-corrected chi connectivity index (χ3v) is 4.78. The monoisotopic (exact) mass is 341 g/mol. The van der Waals surface area contributed by atoms with E-state index < -0.39 is 0 Å². The van der Waals surface area contributed by atoms with E-state index in [-0.39, 0.29) is 30.2 Å². The Morgan fingerprint density at radius 3 is 2.33 bits per heavy atom. The minimum absolute atomic E-state index is 0.103. The number of rotatable bonds is 12. The highest BCUT2D eigenvalue weighted by atomic mass is 16.5. The number of hydrogen-bond donors (Lipinski definition) is 0. The molecule has 0 aromatic carbocycles. The molecule has 6 nitrogen and oxygen atoms in total. The molecule has 4 atom stereocenters. The number of carbonyl (C=O) groups excluding carboxylic acids is 2. The van der Waals surface area contributed by atoms with Crippen molar-refractivity contribution in [2.75, 3.05) is 46.7 Å². The molecule has 4 unspecified atom stereocenters. The van der Waals surface area contributed by atoms with Crippen molar-refractivity contribution in [3.63, 3.8) is 0 Å². The van der Waals surface area contributed by atoms with E-state index in [1.54, 1.807) is 7.11 Å². The van der Waals surface area contributed by atoms with E-state index in [0.717, 1.165) is 6.42 Å². The number of carbonyl (C=O) groups is 2. The maximum absolute atomic E-state index is 12.7. The third-order valence-electron chi connectivity index (χ3n) is 4.78. The Kier molecular flexibility index (Phi) is 9.83. The number of allylic oxidation sites excluding steroid dienone is 1. The van der Waals surface area contributed by atoms with Crippen molar-refractivity contribution in [2.24, 2.45) is 23.7 Å². The first-order valence-corrected chi connectivity index (χ1v) is 8.59. The van der Waals surface area contributed by atoms with Gasteiger partial charge in [-0.2, -0.15) is 0 Å². The first kappa shape index (κ1) is 20.8. The summed E-state index contributed by atoms with van der Waals surface area (Å²) in [6.45, 7) is 10.6.